The highest BCUT2D eigenvalue weighted by Crippen LogP contribution is 2.41. The fraction of sp³-hybridized carbons (Fsp3) is 0.400. The molecule has 0 aliphatic heterocycles. The monoisotopic (exact) mass is 534 g/mol. The molecule has 2 aliphatic carbocycles. The third-order valence-electron chi connectivity index (χ3n) is 7.98. The number of hydrogen-bond acceptors (Lipinski definition) is 0. The summed E-state index contributed by atoms with van der Waals surface area (Å²) in [6, 6.07) is 0. The van der Waals surface area contributed by atoms with Gasteiger partial charge in [-0.2, -0.15) is 0 Å². The Morgan fingerprint density at radius 3 is 1.60 bits per heavy atom. The summed E-state index contributed by atoms with van der Waals surface area (Å²) in [6.07, 6.45) is 40.0. The SMILES string of the molecule is CC1=C(/C=C/C(C)=C/C=C/C(C)=C/C=C/C=C(C)/C=C/C=C(C)/C=C/C2=C(C)CCCC2(C)C)C(C)(C)CC=C1. The molecule has 2 aliphatic rings. The van der Waals surface area contributed by atoms with Crippen molar-refractivity contribution in [2.24, 2.45) is 10.8 Å². The molecule has 0 heterocycles. The predicted molar refractivity (Wildman–Crippen MR) is 181 cm³/mol. The van der Waals surface area contributed by atoms with Crippen molar-refractivity contribution in [3.05, 3.63) is 142 Å². The minimum atomic E-state index is 0.204. The van der Waals surface area contributed by atoms with E-state index in [1.807, 2.05) is 0 Å². The van der Waals surface area contributed by atoms with Crippen molar-refractivity contribution in [3.63, 3.8) is 0 Å². The maximum atomic E-state index is 2.37. The lowest BCUT2D eigenvalue weighted by molar-refractivity contribution is 0.377. The van der Waals surface area contributed by atoms with Gasteiger partial charge in [-0.3, -0.25) is 0 Å². The number of hydrogen-bond donors (Lipinski definition) is 0. The number of rotatable bonds is 10. The van der Waals surface area contributed by atoms with Crippen molar-refractivity contribution >= 4 is 0 Å². The quantitative estimate of drug-likeness (QED) is 0.244. The maximum Gasteiger partial charge on any atom is -0.00664 e. The molecule has 0 atom stereocenters. The molecule has 0 fully saturated rings. The second-order valence-corrected chi connectivity index (χ2v) is 12.9. The van der Waals surface area contributed by atoms with E-state index in [-0.39, 0.29) is 10.8 Å². The first-order chi connectivity index (χ1) is 18.8. The van der Waals surface area contributed by atoms with E-state index in [2.05, 4.69) is 166 Å². The van der Waals surface area contributed by atoms with Crippen LogP contribution in [0.3, 0.4) is 0 Å². The van der Waals surface area contributed by atoms with Gasteiger partial charge in [-0.25, -0.2) is 0 Å². The third kappa shape index (κ3) is 11.2. The molecule has 0 nitrogen and oxygen atoms in total. The normalized spacial score (nSPS) is 21.6. The molecule has 0 saturated heterocycles. The predicted octanol–water partition coefficient (Wildman–Crippen LogP) is 12.4. The van der Waals surface area contributed by atoms with Gasteiger partial charge in [0, 0.05) is 0 Å². The summed E-state index contributed by atoms with van der Waals surface area (Å²) in [4.78, 5) is 0. The van der Waals surface area contributed by atoms with Crippen LogP contribution in [0.15, 0.2) is 142 Å². The molecule has 0 saturated carbocycles. The summed E-state index contributed by atoms with van der Waals surface area (Å²) >= 11 is 0. The molecule has 0 radical (unpaired) electrons. The zero-order chi connectivity index (χ0) is 29.8. The number of allylic oxidation sites excluding steroid dienone is 24. The molecule has 0 N–H and O–H groups in total. The Bertz CT molecular complexity index is 1260. The van der Waals surface area contributed by atoms with E-state index >= 15 is 0 Å². The maximum absolute atomic E-state index is 2.37. The molecule has 0 unspecified atom stereocenters. The van der Waals surface area contributed by atoms with Crippen LogP contribution in [0.2, 0.25) is 0 Å². The molecule has 0 aromatic carbocycles. The molecule has 0 spiro atoms. The minimum absolute atomic E-state index is 0.204. The molecule has 0 bridgehead atoms. The van der Waals surface area contributed by atoms with Crippen LogP contribution in [0.4, 0.5) is 0 Å². The van der Waals surface area contributed by atoms with E-state index in [0.717, 1.165) is 6.42 Å². The summed E-state index contributed by atoms with van der Waals surface area (Å²) in [7, 11) is 0. The van der Waals surface area contributed by atoms with Gasteiger partial charge < -0.3 is 0 Å². The Morgan fingerprint density at radius 2 is 1.10 bits per heavy atom. The minimum Gasteiger partial charge on any atom is -0.0834 e. The summed E-state index contributed by atoms with van der Waals surface area (Å²) < 4.78 is 0. The summed E-state index contributed by atoms with van der Waals surface area (Å²) in [5, 5.41) is 0. The fourth-order valence-electron chi connectivity index (χ4n) is 5.40. The van der Waals surface area contributed by atoms with Gasteiger partial charge in [-0.05, 0) is 94.8 Å². The Kier molecular flexibility index (Phi) is 12.9. The van der Waals surface area contributed by atoms with Gasteiger partial charge >= 0.3 is 0 Å². The molecule has 0 aromatic rings. The Balaban J connectivity index is 1.89. The van der Waals surface area contributed by atoms with Gasteiger partial charge in [0.05, 0.1) is 0 Å². The van der Waals surface area contributed by atoms with Gasteiger partial charge in [-0.15, -0.1) is 0 Å². The smallest absolute Gasteiger partial charge is 0.00664 e. The van der Waals surface area contributed by atoms with Crippen LogP contribution in [0.5, 0.6) is 0 Å². The molecule has 0 aromatic heterocycles. The first-order valence-corrected chi connectivity index (χ1v) is 15.0. The summed E-state index contributed by atoms with van der Waals surface area (Å²) in [5.74, 6) is 0. The van der Waals surface area contributed by atoms with Crippen LogP contribution in [-0.4, -0.2) is 0 Å². The lowest BCUT2D eigenvalue weighted by atomic mass is 9.72. The zero-order valence-corrected chi connectivity index (χ0v) is 27.1. The van der Waals surface area contributed by atoms with Crippen LogP contribution in [0.25, 0.3) is 0 Å². The van der Waals surface area contributed by atoms with Crippen molar-refractivity contribution in [2.45, 2.75) is 94.9 Å². The third-order valence-corrected chi connectivity index (χ3v) is 7.98. The Labute approximate surface area is 247 Å². The first-order valence-electron chi connectivity index (χ1n) is 15.0. The first kappa shape index (κ1) is 33.1. The van der Waals surface area contributed by atoms with Crippen molar-refractivity contribution in [1.82, 2.24) is 0 Å². The van der Waals surface area contributed by atoms with Gasteiger partial charge in [0.25, 0.3) is 0 Å². The standard InChI is InChI=1S/C40H54/c1-31(19-13-21-33(3)25-27-37-35(5)23-15-29-39(37,7)8)17-11-12-18-32(2)20-14-22-34(4)26-28-38-36(6)24-16-30-40(38,9)10/h11-15,17-23,25-28H,16,24,29-30H2,1-10H3/b12-11+,19-13+,20-14+,27-25+,28-26+,31-17+,32-18+,33-21+,34-22+. The van der Waals surface area contributed by atoms with E-state index in [4.69, 9.17) is 0 Å². The largest absolute Gasteiger partial charge is 0.0834 e. The van der Waals surface area contributed by atoms with Crippen molar-refractivity contribution in [2.75, 3.05) is 0 Å². The zero-order valence-electron chi connectivity index (χ0n) is 27.1. The topological polar surface area (TPSA) is 0 Å². The van der Waals surface area contributed by atoms with Crippen molar-refractivity contribution < 1.29 is 0 Å². The Morgan fingerprint density at radius 1 is 0.625 bits per heavy atom. The van der Waals surface area contributed by atoms with Crippen LogP contribution in [0, 0.1) is 10.8 Å². The van der Waals surface area contributed by atoms with Gasteiger partial charge in [0.1, 0.15) is 0 Å². The highest BCUT2D eigenvalue weighted by Gasteiger charge is 2.26. The van der Waals surface area contributed by atoms with E-state index in [9.17, 15) is 0 Å². The van der Waals surface area contributed by atoms with E-state index in [1.54, 1.807) is 5.57 Å². The molecule has 0 amide bonds. The molecule has 40 heavy (non-hydrogen) atoms. The molecule has 214 valence electrons. The highest BCUT2D eigenvalue weighted by molar-refractivity contribution is 5.42. The van der Waals surface area contributed by atoms with E-state index < -0.39 is 0 Å². The lowest BCUT2D eigenvalue weighted by Gasteiger charge is -2.32. The van der Waals surface area contributed by atoms with E-state index in [1.165, 1.54) is 58.3 Å². The highest BCUT2D eigenvalue weighted by atomic mass is 14.3. The average Bonchev–Trinajstić information content (AvgIpc) is 2.85. The van der Waals surface area contributed by atoms with Gasteiger partial charge in [0.15, 0.2) is 0 Å². The molecule has 2 rings (SSSR count). The van der Waals surface area contributed by atoms with Gasteiger partial charge in [0.2, 0.25) is 0 Å². The fourth-order valence-corrected chi connectivity index (χ4v) is 5.40. The van der Waals surface area contributed by atoms with E-state index in [0.29, 0.717) is 0 Å². The molecule has 0 heteroatoms. The van der Waals surface area contributed by atoms with Crippen LogP contribution in [-0.2, 0) is 0 Å². The Hall–Kier alpha value is -3.12. The lowest BCUT2D eigenvalue weighted by Crippen LogP contribution is -2.19. The van der Waals surface area contributed by atoms with Crippen LogP contribution >= 0.6 is 0 Å². The van der Waals surface area contributed by atoms with Crippen molar-refractivity contribution in [3.8, 4) is 0 Å². The average molecular weight is 535 g/mol. The van der Waals surface area contributed by atoms with Gasteiger partial charge in [-0.1, -0.05) is 153 Å². The van der Waals surface area contributed by atoms with Crippen LogP contribution < -0.4 is 0 Å². The second kappa shape index (κ2) is 15.6. The second-order valence-electron chi connectivity index (χ2n) is 12.9. The molecular formula is C40H54. The summed E-state index contributed by atoms with van der Waals surface area (Å²) in [5.41, 5.74) is 11.3. The molecular weight excluding hydrogens is 480 g/mol. The van der Waals surface area contributed by atoms with Crippen LogP contribution in [0.1, 0.15) is 94.9 Å². The van der Waals surface area contributed by atoms with Crippen molar-refractivity contribution in [1.29, 1.82) is 0 Å². The summed E-state index contributed by atoms with van der Waals surface area (Å²) in [6.45, 7) is 22.5.